The molecule has 1 atom stereocenters. The standard InChI is InChI=1S/C19H20BrClN2O4/c1-3-12(2)27-15-6-4-5-13(9-15)19(25)23-22-18(24)11-26-17-8-7-14(20)10-16(17)21/h4-10,12H,3,11H2,1-2H3,(H,22,24)(H,23,25). The minimum atomic E-state index is -0.519. The third-order valence-electron chi connectivity index (χ3n) is 3.58. The Kier molecular flexibility index (Phi) is 7.94. The lowest BCUT2D eigenvalue weighted by molar-refractivity contribution is -0.123. The van der Waals surface area contributed by atoms with Crippen molar-refractivity contribution < 1.29 is 19.1 Å². The van der Waals surface area contributed by atoms with Gasteiger partial charge in [-0.05, 0) is 49.7 Å². The summed E-state index contributed by atoms with van der Waals surface area (Å²) in [5, 5.41) is 0.374. The van der Waals surface area contributed by atoms with Crippen LogP contribution in [0.4, 0.5) is 0 Å². The molecule has 2 N–H and O–H groups in total. The molecule has 0 heterocycles. The van der Waals surface area contributed by atoms with E-state index in [0.29, 0.717) is 22.1 Å². The van der Waals surface area contributed by atoms with Gasteiger partial charge < -0.3 is 9.47 Å². The van der Waals surface area contributed by atoms with Crippen LogP contribution in [0.5, 0.6) is 11.5 Å². The van der Waals surface area contributed by atoms with Gasteiger partial charge in [-0.1, -0.05) is 40.5 Å². The van der Waals surface area contributed by atoms with Gasteiger partial charge in [-0.15, -0.1) is 0 Å². The van der Waals surface area contributed by atoms with Gasteiger partial charge in [0, 0.05) is 10.0 Å². The summed E-state index contributed by atoms with van der Waals surface area (Å²) < 4.78 is 11.8. The Hall–Kier alpha value is -2.25. The number of nitrogens with one attached hydrogen (secondary N) is 2. The van der Waals surface area contributed by atoms with Crippen LogP contribution in [-0.4, -0.2) is 24.5 Å². The van der Waals surface area contributed by atoms with E-state index in [1.54, 1.807) is 42.5 Å². The van der Waals surface area contributed by atoms with E-state index in [-0.39, 0.29) is 12.7 Å². The average molecular weight is 456 g/mol. The lowest BCUT2D eigenvalue weighted by atomic mass is 10.2. The first-order valence-corrected chi connectivity index (χ1v) is 9.50. The van der Waals surface area contributed by atoms with E-state index >= 15 is 0 Å². The molecule has 0 aliphatic heterocycles. The molecule has 0 aliphatic rings. The molecule has 0 spiro atoms. The van der Waals surface area contributed by atoms with Crippen molar-refractivity contribution >= 4 is 39.3 Å². The highest BCUT2D eigenvalue weighted by Gasteiger charge is 2.11. The van der Waals surface area contributed by atoms with Gasteiger partial charge in [0.05, 0.1) is 11.1 Å². The number of carbonyl (C=O) groups excluding carboxylic acids is 2. The predicted octanol–water partition coefficient (Wildman–Crippen LogP) is 4.12. The van der Waals surface area contributed by atoms with Crippen molar-refractivity contribution in [3.8, 4) is 11.5 Å². The SMILES string of the molecule is CCC(C)Oc1cccc(C(=O)NNC(=O)COc2ccc(Br)cc2Cl)c1. The number of hydrogen-bond acceptors (Lipinski definition) is 4. The van der Waals surface area contributed by atoms with Crippen LogP contribution in [-0.2, 0) is 4.79 Å². The molecule has 0 fully saturated rings. The van der Waals surface area contributed by atoms with E-state index < -0.39 is 11.8 Å². The Morgan fingerprint density at radius 1 is 1.19 bits per heavy atom. The van der Waals surface area contributed by atoms with Gasteiger partial charge in [-0.25, -0.2) is 0 Å². The molecule has 2 amide bonds. The zero-order valence-electron chi connectivity index (χ0n) is 14.9. The van der Waals surface area contributed by atoms with Gasteiger partial charge in [0.15, 0.2) is 6.61 Å². The quantitative estimate of drug-likeness (QED) is 0.616. The van der Waals surface area contributed by atoms with E-state index in [1.165, 1.54) is 0 Å². The minimum absolute atomic E-state index is 0.0468. The summed E-state index contributed by atoms with van der Waals surface area (Å²) in [6.45, 7) is 3.67. The topological polar surface area (TPSA) is 76.7 Å². The van der Waals surface area contributed by atoms with Crippen LogP contribution in [0, 0.1) is 0 Å². The monoisotopic (exact) mass is 454 g/mol. The Labute approximate surface area is 171 Å². The molecule has 0 aliphatic carbocycles. The number of halogens is 2. The second-order valence-corrected chi connectivity index (χ2v) is 7.05. The first-order chi connectivity index (χ1) is 12.9. The smallest absolute Gasteiger partial charge is 0.276 e. The van der Waals surface area contributed by atoms with Crippen LogP contribution in [0.2, 0.25) is 5.02 Å². The average Bonchev–Trinajstić information content (AvgIpc) is 2.65. The van der Waals surface area contributed by atoms with Gasteiger partial charge in [-0.3, -0.25) is 20.4 Å². The van der Waals surface area contributed by atoms with Gasteiger partial charge in [0.1, 0.15) is 11.5 Å². The number of benzene rings is 2. The van der Waals surface area contributed by atoms with Crippen molar-refractivity contribution in [3.05, 3.63) is 57.5 Å². The highest BCUT2D eigenvalue weighted by Crippen LogP contribution is 2.27. The molecule has 144 valence electrons. The summed E-state index contributed by atoms with van der Waals surface area (Å²) in [6, 6.07) is 11.8. The minimum Gasteiger partial charge on any atom is -0.491 e. The van der Waals surface area contributed by atoms with Crippen molar-refractivity contribution in [2.24, 2.45) is 0 Å². The molecule has 27 heavy (non-hydrogen) atoms. The maximum atomic E-state index is 12.2. The molecular formula is C19H20BrClN2O4. The summed E-state index contributed by atoms with van der Waals surface area (Å²) in [6.07, 6.45) is 0.903. The van der Waals surface area contributed by atoms with Crippen molar-refractivity contribution in [2.45, 2.75) is 26.4 Å². The normalized spacial score (nSPS) is 11.4. The molecule has 2 aromatic carbocycles. The van der Waals surface area contributed by atoms with Crippen LogP contribution in [0.25, 0.3) is 0 Å². The summed E-state index contributed by atoms with van der Waals surface area (Å²) >= 11 is 9.30. The van der Waals surface area contributed by atoms with Crippen molar-refractivity contribution in [1.82, 2.24) is 10.9 Å². The zero-order chi connectivity index (χ0) is 19.8. The Morgan fingerprint density at radius 2 is 1.96 bits per heavy atom. The summed E-state index contributed by atoms with van der Waals surface area (Å²) in [4.78, 5) is 24.0. The molecule has 0 saturated heterocycles. The second kappa shape index (κ2) is 10.2. The van der Waals surface area contributed by atoms with Crippen LogP contribution < -0.4 is 20.3 Å². The van der Waals surface area contributed by atoms with E-state index in [4.69, 9.17) is 21.1 Å². The van der Waals surface area contributed by atoms with Crippen molar-refractivity contribution in [3.63, 3.8) is 0 Å². The molecule has 1 unspecified atom stereocenters. The predicted molar refractivity (Wildman–Crippen MR) is 107 cm³/mol. The molecule has 2 rings (SSSR count). The first-order valence-electron chi connectivity index (χ1n) is 8.32. The van der Waals surface area contributed by atoms with E-state index in [0.717, 1.165) is 10.9 Å². The number of hydrogen-bond donors (Lipinski definition) is 2. The fourth-order valence-corrected chi connectivity index (χ4v) is 2.72. The molecule has 0 saturated carbocycles. The molecule has 6 nitrogen and oxygen atoms in total. The Balaban J connectivity index is 1.84. The maximum Gasteiger partial charge on any atom is 0.276 e. The van der Waals surface area contributed by atoms with Crippen LogP contribution in [0.3, 0.4) is 0 Å². The molecule has 0 radical (unpaired) electrons. The van der Waals surface area contributed by atoms with Crippen LogP contribution in [0.1, 0.15) is 30.6 Å². The van der Waals surface area contributed by atoms with E-state index in [1.807, 2.05) is 13.8 Å². The molecule has 2 aromatic rings. The molecule has 0 aromatic heterocycles. The van der Waals surface area contributed by atoms with Gasteiger partial charge >= 0.3 is 0 Å². The Morgan fingerprint density at radius 3 is 2.67 bits per heavy atom. The largest absolute Gasteiger partial charge is 0.491 e. The zero-order valence-corrected chi connectivity index (χ0v) is 17.3. The van der Waals surface area contributed by atoms with Crippen molar-refractivity contribution in [2.75, 3.05) is 6.61 Å². The fourth-order valence-electron chi connectivity index (χ4n) is 2.00. The summed E-state index contributed by atoms with van der Waals surface area (Å²) in [5.74, 6) is -0.0123. The molecule has 8 heteroatoms. The van der Waals surface area contributed by atoms with Gasteiger partial charge in [0.25, 0.3) is 11.8 Å². The lowest BCUT2D eigenvalue weighted by Gasteiger charge is -2.13. The van der Waals surface area contributed by atoms with Crippen molar-refractivity contribution in [1.29, 1.82) is 0 Å². The number of rotatable bonds is 7. The summed E-state index contributed by atoms with van der Waals surface area (Å²) in [7, 11) is 0. The number of ether oxygens (including phenoxy) is 2. The maximum absolute atomic E-state index is 12.2. The third-order valence-corrected chi connectivity index (χ3v) is 4.37. The van der Waals surface area contributed by atoms with Gasteiger partial charge in [-0.2, -0.15) is 0 Å². The highest BCUT2D eigenvalue weighted by molar-refractivity contribution is 9.10. The molecular weight excluding hydrogens is 436 g/mol. The molecule has 0 bridgehead atoms. The summed E-state index contributed by atoms with van der Waals surface area (Å²) in [5.41, 5.74) is 5.00. The number of amides is 2. The Bertz CT molecular complexity index is 816. The number of hydrazine groups is 1. The van der Waals surface area contributed by atoms with E-state index in [2.05, 4.69) is 26.8 Å². The number of carbonyl (C=O) groups is 2. The van der Waals surface area contributed by atoms with E-state index in [9.17, 15) is 9.59 Å². The van der Waals surface area contributed by atoms with Gasteiger partial charge in [0.2, 0.25) is 0 Å². The van der Waals surface area contributed by atoms with Crippen LogP contribution in [0.15, 0.2) is 46.9 Å². The second-order valence-electron chi connectivity index (χ2n) is 5.73. The highest BCUT2D eigenvalue weighted by atomic mass is 79.9. The first kappa shape index (κ1) is 21.1. The lowest BCUT2D eigenvalue weighted by Crippen LogP contribution is -2.43. The fraction of sp³-hybridized carbons (Fsp3) is 0.263. The third kappa shape index (κ3) is 6.77. The van der Waals surface area contributed by atoms with Crippen LogP contribution >= 0.6 is 27.5 Å².